The first-order chi connectivity index (χ1) is 23.4. The van der Waals surface area contributed by atoms with Crippen LogP contribution in [0.15, 0.2) is 120 Å². The molecule has 0 radical (unpaired) electrons. The maximum atomic E-state index is 11.0. The van der Waals surface area contributed by atoms with Crippen molar-refractivity contribution in [3.05, 3.63) is 127 Å². The van der Waals surface area contributed by atoms with Crippen molar-refractivity contribution in [2.75, 3.05) is 0 Å². The predicted molar refractivity (Wildman–Crippen MR) is 189 cm³/mol. The van der Waals surface area contributed by atoms with Crippen molar-refractivity contribution in [3.8, 4) is 73.3 Å². The van der Waals surface area contributed by atoms with Crippen LogP contribution in [0.5, 0.6) is 28.7 Å². The summed E-state index contributed by atoms with van der Waals surface area (Å²) in [6.45, 7) is 0. The molecule has 0 saturated carbocycles. The van der Waals surface area contributed by atoms with Gasteiger partial charge in [-0.1, -0.05) is 103 Å². The van der Waals surface area contributed by atoms with Crippen LogP contribution < -0.4 is 0 Å². The molecule has 7 aromatic carbocycles. The van der Waals surface area contributed by atoms with Gasteiger partial charge in [0.05, 0.1) is 5.56 Å². The number of fused-ring (bicyclic) bond motifs is 7. The van der Waals surface area contributed by atoms with Crippen molar-refractivity contribution in [1.29, 1.82) is 0 Å². The molecule has 0 saturated heterocycles. The second-order valence-electron chi connectivity index (χ2n) is 12.3. The van der Waals surface area contributed by atoms with Crippen LogP contribution in [0.3, 0.4) is 0 Å². The Hall–Kier alpha value is -6.40. The van der Waals surface area contributed by atoms with Gasteiger partial charge in [-0.25, -0.2) is 0 Å². The quantitative estimate of drug-likeness (QED) is 0.0756. The third-order valence-corrected chi connectivity index (χ3v) is 9.73. The van der Waals surface area contributed by atoms with Gasteiger partial charge in [0.15, 0.2) is 11.5 Å². The highest BCUT2D eigenvalue weighted by Crippen LogP contribution is 2.57. The number of aromatic hydroxyl groups is 5. The van der Waals surface area contributed by atoms with Gasteiger partial charge in [0.2, 0.25) is 17.2 Å². The third-order valence-electron chi connectivity index (χ3n) is 9.73. The van der Waals surface area contributed by atoms with E-state index in [9.17, 15) is 25.5 Å². The number of phenolic OH excluding ortho intramolecular Hbond substituents is 5. The first-order valence-electron chi connectivity index (χ1n) is 15.8. The minimum absolute atomic E-state index is 0.189. The molecule has 1 aliphatic carbocycles. The topological polar surface area (TPSA) is 114 Å². The van der Waals surface area contributed by atoms with E-state index >= 15 is 0 Å². The smallest absolute Gasteiger partial charge is 0.208 e. The van der Waals surface area contributed by atoms with Crippen molar-refractivity contribution in [3.63, 3.8) is 0 Å². The van der Waals surface area contributed by atoms with Gasteiger partial charge in [0, 0.05) is 17.4 Å². The molecule has 1 aromatic heterocycles. The molecule has 9 rings (SSSR count). The molecule has 1 aliphatic rings. The lowest BCUT2D eigenvalue weighted by molar-refractivity contribution is 0.330. The van der Waals surface area contributed by atoms with Gasteiger partial charge < -0.3 is 29.9 Å². The Kier molecular flexibility index (Phi) is 5.98. The van der Waals surface area contributed by atoms with Crippen LogP contribution in [0.2, 0.25) is 0 Å². The molecule has 0 spiro atoms. The summed E-state index contributed by atoms with van der Waals surface area (Å²) in [6.07, 6.45) is 1.81. The Bertz CT molecular complexity index is 2540. The van der Waals surface area contributed by atoms with E-state index in [0.717, 1.165) is 73.4 Å². The molecule has 1 heterocycles. The van der Waals surface area contributed by atoms with Crippen LogP contribution in [0.4, 0.5) is 0 Å². The van der Waals surface area contributed by atoms with Gasteiger partial charge >= 0.3 is 0 Å². The molecule has 48 heavy (non-hydrogen) atoms. The van der Waals surface area contributed by atoms with E-state index in [-0.39, 0.29) is 5.56 Å². The zero-order valence-electron chi connectivity index (χ0n) is 25.5. The van der Waals surface area contributed by atoms with Crippen LogP contribution >= 0.6 is 0 Å². The lowest BCUT2D eigenvalue weighted by Gasteiger charge is -2.21. The standard InChI is InChI=1S/C42H28O6/c43-38-37(39(44)41(46)42(47)40(38)45)30-16-8-7-15-29(30)35-27-13-5-3-11-25(27)34(26-12-4-6-14-28(26)35)23-18-19-32-31(21-23)36-24-10-2-1-9-22(24)17-20-33(36)48-32/h1-16,18-19,21,43-47H,17,20H2. The molecule has 0 unspecified atom stereocenters. The lowest BCUT2D eigenvalue weighted by atomic mass is 9.83. The van der Waals surface area contributed by atoms with Crippen LogP contribution in [0.25, 0.3) is 77.0 Å². The van der Waals surface area contributed by atoms with E-state index in [1.54, 1.807) is 12.1 Å². The number of hydrogen-bond acceptors (Lipinski definition) is 6. The first kappa shape index (κ1) is 27.9. The summed E-state index contributed by atoms with van der Waals surface area (Å²) in [4.78, 5) is 0. The van der Waals surface area contributed by atoms with Gasteiger partial charge in [-0.2, -0.15) is 0 Å². The van der Waals surface area contributed by atoms with Gasteiger partial charge in [-0.3, -0.25) is 0 Å². The molecule has 8 aromatic rings. The van der Waals surface area contributed by atoms with Crippen molar-refractivity contribution >= 4 is 32.5 Å². The Morgan fingerprint density at radius 2 is 0.896 bits per heavy atom. The van der Waals surface area contributed by atoms with E-state index in [0.29, 0.717) is 11.1 Å². The lowest BCUT2D eigenvalue weighted by Crippen LogP contribution is -2.01. The number of phenols is 5. The molecule has 232 valence electrons. The Labute approximate surface area is 274 Å². The summed E-state index contributed by atoms with van der Waals surface area (Å²) in [5, 5.41) is 57.8. The molecule has 0 aliphatic heterocycles. The molecule has 0 amide bonds. The number of benzene rings is 7. The van der Waals surface area contributed by atoms with E-state index in [4.69, 9.17) is 4.42 Å². The van der Waals surface area contributed by atoms with Crippen molar-refractivity contribution in [2.24, 2.45) is 0 Å². The molecule has 0 fully saturated rings. The Morgan fingerprint density at radius 3 is 1.52 bits per heavy atom. The maximum Gasteiger partial charge on any atom is 0.208 e. The second-order valence-corrected chi connectivity index (χ2v) is 12.3. The van der Waals surface area contributed by atoms with Gasteiger partial charge in [0.25, 0.3) is 0 Å². The highest BCUT2D eigenvalue weighted by atomic mass is 16.4. The summed E-state index contributed by atoms with van der Waals surface area (Å²) in [5.74, 6) is -3.29. The number of furan rings is 1. The normalized spacial score (nSPS) is 12.4. The summed E-state index contributed by atoms with van der Waals surface area (Å²) in [6, 6.07) is 38.4. The van der Waals surface area contributed by atoms with Crippen molar-refractivity contribution < 1.29 is 29.9 Å². The molecule has 0 bridgehead atoms. The zero-order valence-corrected chi connectivity index (χ0v) is 25.5. The molecule has 0 atom stereocenters. The minimum atomic E-state index is -0.995. The van der Waals surface area contributed by atoms with E-state index in [2.05, 4.69) is 66.7 Å². The summed E-state index contributed by atoms with van der Waals surface area (Å²) >= 11 is 0. The van der Waals surface area contributed by atoms with Crippen molar-refractivity contribution in [2.45, 2.75) is 12.8 Å². The average molecular weight is 629 g/mol. The Morgan fingerprint density at radius 1 is 0.396 bits per heavy atom. The van der Waals surface area contributed by atoms with Crippen molar-refractivity contribution in [1.82, 2.24) is 0 Å². The first-order valence-corrected chi connectivity index (χ1v) is 15.8. The number of aryl methyl sites for hydroxylation is 2. The molecular formula is C42H28O6. The molecule has 5 N–H and O–H groups in total. The summed E-state index contributed by atoms with van der Waals surface area (Å²) < 4.78 is 6.40. The maximum absolute atomic E-state index is 11.0. The van der Waals surface area contributed by atoms with E-state index in [1.165, 1.54) is 11.1 Å². The van der Waals surface area contributed by atoms with Gasteiger partial charge in [-0.15, -0.1) is 0 Å². The fraction of sp³-hybridized carbons (Fsp3) is 0.0476. The van der Waals surface area contributed by atoms with Crippen LogP contribution in [0, 0.1) is 0 Å². The summed E-state index contributed by atoms with van der Waals surface area (Å²) in [7, 11) is 0. The zero-order chi connectivity index (χ0) is 32.7. The molecule has 6 heteroatoms. The third kappa shape index (κ3) is 3.86. The van der Waals surface area contributed by atoms with E-state index < -0.39 is 28.7 Å². The molecule has 6 nitrogen and oxygen atoms in total. The number of hydrogen-bond donors (Lipinski definition) is 5. The monoisotopic (exact) mass is 628 g/mol. The fourth-order valence-corrected chi connectivity index (χ4v) is 7.59. The van der Waals surface area contributed by atoms with Crippen LogP contribution in [0.1, 0.15) is 11.3 Å². The van der Waals surface area contributed by atoms with Crippen LogP contribution in [-0.4, -0.2) is 25.5 Å². The largest absolute Gasteiger partial charge is 0.504 e. The molecular weight excluding hydrogens is 600 g/mol. The van der Waals surface area contributed by atoms with Gasteiger partial charge in [-0.05, 0) is 79.0 Å². The fourth-order valence-electron chi connectivity index (χ4n) is 7.59. The average Bonchev–Trinajstić information content (AvgIpc) is 3.51. The number of rotatable bonds is 3. The minimum Gasteiger partial charge on any atom is -0.504 e. The SMILES string of the molecule is Oc1c(O)c(O)c(-c2ccccc2-c2c3ccccc3c(-c3ccc4oc5c(c4c3)-c3ccccc3CC5)c3ccccc23)c(O)c1O. The van der Waals surface area contributed by atoms with Gasteiger partial charge in [0.1, 0.15) is 11.3 Å². The van der Waals surface area contributed by atoms with Crippen LogP contribution in [-0.2, 0) is 12.8 Å². The Balaban J connectivity index is 1.35. The highest BCUT2D eigenvalue weighted by Gasteiger charge is 2.28. The second kappa shape index (κ2) is 10.3. The van der Waals surface area contributed by atoms with E-state index in [1.807, 2.05) is 36.4 Å². The highest BCUT2D eigenvalue weighted by molar-refractivity contribution is 6.23. The predicted octanol–water partition coefficient (Wildman–Crippen LogP) is 10.0. The summed E-state index contributed by atoms with van der Waals surface area (Å²) in [5.41, 5.74) is 8.35.